The molecule has 0 atom stereocenters. The second-order valence-corrected chi connectivity index (χ2v) is 6.80. The van der Waals surface area contributed by atoms with Gasteiger partial charge in [-0.1, -0.05) is 54.3 Å². The van der Waals surface area contributed by atoms with Gasteiger partial charge in [0.05, 0.1) is 5.75 Å². The number of hydrogen-bond acceptors (Lipinski definition) is 3. The molecule has 1 aromatic rings. The molecule has 1 aromatic carbocycles. The van der Waals surface area contributed by atoms with E-state index in [1.165, 1.54) is 36.6 Å². The highest BCUT2D eigenvalue weighted by Crippen LogP contribution is 2.15. The molecule has 1 N–H and O–H groups in total. The molecule has 1 aliphatic heterocycles. The van der Waals surface area contributed by atoms with Crippen molar-refractivity contribution in [3.63, 3.8) is 0 Å². The van der Waals surface area contributed by atoms with Gasteiger partial charge in [-0.3, -0.25) is 4.79 Å². The normalized spacial score (nSPS) is 14.8. The molecule has 0 bridgehead atoms. The van der Waals surface area contributed by atoms with Gasteiger partial charge >= 0.3 is 0 Å². The van der Waals surface area contributed by atoms with Crippen molar-refractivity contribution in [3.05, 3.63) is 35.9 Å². The lowest BCUT2D eigenvalue weighted by Gasteiger charge is -2.28. The number of nitrogens with zero attached hydrogens (tertiary/aromatic N) is 1. The van der Waals surface area contributed by atoms with Crippen LogP contribution >= 0.6 is 24.0 Å². The van der Waals surface area contributed by atoms with Crippen LogP contribution in [0, 0.1) is 0 Å². The number of thioether (sulfide) groups is 1. The van der Waals surface area contributed by atoms with Gasteiger partial charge in [0.1, 0.15) is 4.32 Å². The molecular weight excluding hydrogens is 300 g/mol. The molecular formula is C16H22N2OS2. The second kappa shape index (κ2) is 9.05. The molecule has 3 nitrogen and oxygen atoms in total. The van der Waals surface area contributed by atoms with Crippen LogP contribution in [0.3, 0.4) is 0 Å². The number of carbonyl (C=O) groups is 1. The van der Waals surface area contributed by atoms with Crippen molar-refractivity contribution in [2.45, 2.75) is 25.7 Å². The van der Waals surface area contributed by atoms with E-state index in [1.54, 1.807) is 0 Å². The third-order valence-electron chi connectivity index (χ3n) is 3.52. The SMILES string of the molecule is O=C(CSC(=S)N1CCCCC1)NCCc1ccccc1. The number of piperidine rings is 1. The largest absolute Gasteiger partial charge is 0.358 e. The van der Waals surface area contributed by atoms with Crippen LogP contribution in [-0.2, 0) is 11.2 Å². The number of likely N-dealkylation sites (tertiary alicyclic amines) is 1. The Morgan fingerprint density at radius 1 is 1.19 bits per heavy atom. The predicted octanol–water partition coefficient (Wildman–Crippen LogP) is 2.85. The average molecular weight is 322 g/mol. The van der Waals surface area contributed by atoms with Crippen LogP contribution < -0.4 is 5.32 Å². The fourth-order valence-corrected chi connectivity index (χ4v) is 3.42. The van der Waals surface area contributed by atoms with Crippen molar-refractivity contribution in [3.8, 4) is 0 Å². The Labute approximate surface area is 136 Å². The lowest BCUT2D eigenvalue weighted by Crippen LogP contribution is -2.34. The number of amides is 1. The second-order valence-electron chi connectivity index (χ2n) is 5.19. The quantitative estimate of drug-likeness (QED) is 0.845. The van der Waals surface area contributed by atoms with E-state index in [2.05, 4.69) is 22.3 Å². The molecule has 0 aliphatic carbocycles. The van der Waals surface area contributed by atoms with Crippen molar-refractivity contribution < 1.29 is 4.79 Å². The topological polar surface area (TPSA) is 32.3 Å². The van der Waals surface area contributed by atoms with E-state index in [4.69, 9.17) is 12.2 Å². The molecule has 21 heavy (non-hydrogen) atoms. The van der Waals surface area contributed by atoms with E-state index < -0.39 is 0 Å². The Morgan fingerprint density at radius 2 is 1.90 bits per heavy atom. The molecule has 1 amide bonds. The maximum atomic E-state index is 11.8. The van der Waals surface area contributed by atoms with Gasteiger partial charge in [-0.05, 0) is 31.2 Å². The molecule has 2 rings (SSSR count). The van der Waals surface area contributed by atoms with Gasteiger partial charge in [0.2, 0.25) is 5.91 Å². The van der Waals surface area contributed by atoms with Crippen LogP contribution in [0.25, 0.3) is 0 Å². The van der Waals surface area contributed by atoms with Crippen molar-refractivity contribution in [2.24, 2.45) is 0 Å². The summed E-state index contributed by atoms with van der Waals surface area (Å²) in [6, 6.07) is 10.2. The van der Waals surface area contributed by atoms with E-state index in [0.29, 0.717) is 12.3 Å². The summed E-state index contributed by atoms with van der Waals surface area (Å²) in [7, 11) is 0. The molecule has 114 valence electrons. The minimum Gasteiger partial charge on any atom is -0.358 e. The first kappa shape index (κ1) is 16.3. The maximum absolute atomic E-state index is 11.8. The molecule has 0 unspecified atom stereocenters. The number of rotatable bonds is 5. The minimum atomic E-state index is 0.0651. The van der Waals surface area contributed by atoms with Crippen LogP contribution in [0.1, 0.15) is 24.8 Å². The molecule has 1 saturated heterocycles. The molecule has 1 heterocycles. The van der Waals surface area contributed by atoms with Crippen molar-refractivity contribution in [2.75, 3.05) is 25.4 Å². The monoisotopic (exact) mass is 322 g/mol. The first-order valence-corrected chi connectivity index (χ1v) is 8.87. The van der Waals surface area contributed by atoms with Gasteiger partial charge in [-0.25, -0.2) is 0 Å². The Hall–Kier alpha value is -1.07. The van der Waals surface area contributed by atoms with Crippen molar-refractivity contribution >= 4 is 34.2 Å². The zero-order valence-electron chi connectivity index (χ0n) is 12.2. The van der Waals surface area contributed by atoms with Crippen LogP contribution in [0.5, 0.6) is 0 Å². The lowest BCUT2D eigenvalue weighted by atomic mass is 10.1. The van der Waals surface area contributed by atoms with E-state index >= 15 is 0 Å². The molecule has 0 aromatic heterocycles. The minimum absolute atomic E-state index is 0.0651. The van der Waals surface area contributed by atoms with Crippen LogP contribution in [0.4, 0.5) is 0 Å². The van der Waals surface area contributed by atoms with E-state index in [1.807, 2.05) is 18.2 Å². The summed E-state index contributed by atoms with van der Waals surface area (Å²) in [5.41, 5.74) is 1.24. The predicted molar refractivity (Wildman–Crippen MR) is 93.6 cm³/mol. The Morgan fingerprint density at radius 3 is 2.62 bits per heavy atom. The number of benzene rings is 1. The lowest BCUT2D eigenvalue weighted by molar-refractivity contribution is -0.118. The standard InChI is InChI=1S/C16H22N2OS2/c19-15(17-10-9-14-7-3-1-4-8-14)13-21-16(20)18-11-5-2-6-12-18/h1,3-4,7-8H,2,5-6,9-13H2,(H,17,19). The Kier molecular flexibility index (Phi) is 7.03. The summed E-state index contributed by atoms with van der Waals surface area (Å²) in [6.07, 6.45) is 4.59. The average Bonchev–Trinajstić information content (AvgIpc) is 2.54. The Balaban J connectivity index is 1.60. The molecule has 5 heteroatoms. The van der Waals surface area contributed by atoms with Crippen LogP contribution in [0.2, 0.25) is 0 Å². The number of hydrogen-bond donors (Lipinski definition) is 1. The molecule has 1 fully saturated rings. The highest BCUT2D eigenvalue weighted by Gasteiger charge is 2.14. The van der Waals surface area contributed by atoms with Gasteiger partial charge in [-0.2, -0.15) is 0 Å². The number of thiocarbonyl (C=S) groups is 1. The molecule has 0 saturated carbocycles. The van der Waals surface area contributed by atoms with E-state index in [0.717, 1.165) is 23.8 Å². The third kappa shape index (κ3) is 6.06. The highest BCUT2D eigenvalue weighted by atomic mass is 32.2. The van der Waals surface area contributed by atoms with Gasteiger partial charge < -0.3 is 10.2 Å². The first-order valence-electron chi connectivity index (χ1n) is 7.48. The molecule has 0 spiro atoms. The number of carbonyl (C=O) groups excluding carboxylic acids is 1. The van der Waals surface area contributed by atoms with Gasteiger partial charge in [0, 0.05) is 19.6 Å². The van der Waals surface area contributed by atoms with Gasteiger partial charge in [-0.15, -0.1) is 0 Å². The summed E-state index contributed by atoms with van der Waals surface area (Å²) in [4.78, 5) is 14.0. The van der Waals surface area contributed by atoms with Crippen molar-refractivity contribution in [1.82, 2.24) is 10.2 Å². The van der Waals surface area contributed by atoms with Crippen LogP contribution in [-0.4, -0.2) is 40.5 Å². The Bertz CT molecular complexity index is 459. The summed E-state index contributed by atoms with van der Waals surface area (Å²) in [5, 5.41) is 2.95. The molecule has 0 radical (unpaired) electrons. The smallest absolute Gasteiger partial charge is 0.230 e. The van der Waals surface area contributed by atoms with Gasteiger partial charge in [0.25, 0.3) is 0 Å². The zero-order chi connectivity index (χ0) is 14.9. The van der Waals surface area contributed by atoms with E-state index in [-0.39, 0.29) is 5.91 Å². The first-order chi connectivity index (χ1) is 10.3. The van der Waals surface area contributed by atoms with Crippen LogP contribution in [0.15, 0.2) is 30.3 Å². The fraction of sp³-hybridized carbons (Fsp3) is 0.500. The summed E-state index contributed by atoms with van der Waals surface area (Å²) in [6.45, 7) is 2.77. The summed E-state index contributed by atoms with van der Waals surface area (Å²) >= 11 is 6.87. The third-order valence-corrected chi connectivity index (χ3v) is 5.04. The summed E-state index contributed by atoms with van der Waals surface area (Å²) in [5.74, 6) is 0.486. The van der Waals surface area contributed by atoms with Gasteiger partial charge in [0.15, 0.2) is 0 Å². The fourth-order valence-electron chi connectivity index (χ4n) is 2.34. The zero-order valence-corrected chi connectivity index (χ0v) is 13.8. The highest BCUT2D eigenvalue weighted by molar-refractivity contribution is 8.23. The van der Waals surface area contributed by atoms with Crippen molar-refractivity contribution in [1.29, 1.82) is 0 Å². The maximum Gasteiger partial charge on any atom is 0.230 e. The van der Waals surface area contributed by atoms with E-state index in [9.17, 15) is 4.79 Å². The molecule has 1 aliphatic rings. The number of nitrogens with one attached hydrogen (secondary N) is 1. The summed E-state index contributed by atoms with van der Waals surface area (Å²) < 4.78 is 0.868.